The highest BCUT2D eigenvalue weighted by atomic mass is 35.5. The van der Waals surface area contributed by atoms with Crippen molar-refractivity contribution in [2.45, 2.75) is 19.0 Å². The van der Waals surface area contributed by atoms with Crippen LogP contribution in [-0.4, -0.2) is 19.6 Å². The van der Waals surface area contributed by atoms with Crippen molar-refractivity contribution in [1.82, 2.24) is 0 Å². The number of benzene rings is 2. The predicted octanol–water partition coefficient (Wildman–Crippen LogP) is 4.50. The standard InChI is InChI=1S/C18H15ClF3NO2/c1-25-16-10-14(19)5-3-12(16)8-17(24)23-7-6-11-2-4-13(9-15(11)23)18(20,21)22/h2-5,9-10H,6-8H2,1H3. The van der Waals surface area contributed by atoms with E-state index in [-0.39, 0.29) is 12.3 Å². The molecule has 132 valence electrons. The van der Waals surface area contributed by atoms with E-state index in [0.29, 0.717) is 35.0 Å². The van der Waals surface area contributed by atoms with E-state index in [9.17, 15) is 18.0 Å². The van der Waals surface area contributed by atoms with Crippen LogP contribution < -0.4 is 9.64 Å². The highest BCUT2D eigenvalue weighted by Crippen LogP contribution is 2.36. The van der Waals surface area contributed by atoms with Crippen LogP contribution in [0.4, 0.5) is 18.9 Å². The summed E-state index contributed by atoms with van der Waals surface area (Å²) in [5, 5.41) is 0.481. The van der Waals surface area contributed by atoms with E-state index in [0.717, 1.165) is 17.7 Å². The predicted molar refractivity (Wildman–Crippen MR) is 89.2 cm³/mol. The number of fused-ring (bicyclic) bond motifs is 1. The van der Waals surface area contributed by atoms with Crippen LogP contribution in [0.2, 0.25) is 5.02 Å². The summed E-state index contributed by atoms with van der Waals surface area (Å²) < 4.78 is 44.0. The van der Waals surface area contributed by atoms with Gasteiger partial charge < -0.3 is 9.64 Å². The van der Waals surface area contributed by atoms with Gasteiger partial charge in [-0.2, -0.15) is 13.2 Å². The molecule has 1 heterocycles. The summed E-state index contributed by atoms with van der Waals surface area (Å²) in [4.78, 5) is 14.0. The van der Waals surface area contributed by atoms with Crippen LogP contribution in [0, 0.1) is 0 Å². The Labute approximate surface area is 148 Å². The molecule has 0 saturated heterocycles. The van der Waals surface area contributed by atoms with Crippen LogP contribution in [-0.2, 0) is 23.8 Å². The molecular formula is C18H15ClF3NO2. The van der Waals surface area contributed by atoms with Crippen molar-refractivity contribution in [2.24, 2.45) is 0 Å². The van der Waals surface area contributed by atoms with Crippen molar-refractivity contribution in [3.05, 3.63) is 58.1 Å². The number of hydrogen-bond acceptors (Lipinski definition) is 2. The number of halogens is 4. The van der Waals surface area contributed by atoms with Crippen molar-refractivity contribution in [2.75, 3.05) is 18.6 Å². The maximum Gasteiger partial charge on any atom is 0.416 e. The lowest BCUT2D eigenvalue weighted by molar-refractivity contribution is -0.137. The summed E-state index contributed by atoms with van der Waals surface area (Å²) in [6, 6.07) is 8.46. The van der Waals surface area contributed by atoms with Crippen LogP contribution >= 0.6 is 11.6 Å². The molecule has 0 spiro atoms. The fraction of sp³-hybridized carbons (Fsp3) is 0.278. The Bertz CT molecular complexity index is 820. The molecule has 1 aliphatic heterocycles. The second-order valence-electron chi connectivity index (χ2n) is 5.77. The van der Waals surface area contributed by atoms with Crippen molar-refractivity contribution in [1.29, 1.82) is 0 Å². The van der Waals surface area contributed by atoms with Gasteiger partial charge in [0, 0.05) is 22.8 Å². The molecule has 0 fully saturated rings. The molecule has 0 bridgehead atoms. The first kappa shape index (κ1) is 17.6. The highest BCUT2D eigenvalue weighted by Gasteiger charge is 2.33. The Kier molecular flexibility index (Phi) is 4.64. The second-order valence-corrected chi connectivity index (χ2v) is 6.21. The van der Waals surface area contributed by atoms with Gasteiger partial charge in [-0.1, -0.05) is 23.7 Å². The number of anilines is 1. The van der Waals surface area contributed by atoms with E-state index >= 15 is 0 Å². The van der Waals surface area contributed by atoms with Gasteiger partial charge in [0.1, 0.15) is 5.75 Å². The Morgan fingerprint density at radius 2 is 2.00 bits per heavy atom. The molecule has 2 aromatic rings. The van der Waals surface area contributed by atoms with Gasteiger partial charge in [-0.3, -0.25) is 4.79 Å². The van der Waals surface area contributed by atoms with Crippen molar-refractivity contribution < 1.29 is 22.7 Å². The van der Waals surface area contributed by atoms with Crippen molar-refractivity contribution in [3.8, 4) is 5.75 Å². The monoisotopic (exact) mass is 369 g/mol. The molecule has 3 nitrogen and oxygen atoms in total. The van der Waals surface area contributed by atoms with E-state index in [1.807, 2.05) is 0 Å². The largest absolute Gasteiger partial charge is 0.496 e. The van der Waals surface area contributed by atoms with Crippen LogP contribution in [0.15, 0.2) is 36.4 Å². The fourth-order valence-electron chi connectivity index (χ4n) is 2.94. The zero-order valence-electron chi connectivity index (χ0n) is 13.4. The normalized spacial score (nSPS) is 13.7. The Morgan fingerprint density at radius 1 is 1.24 bits per heavy atom. The third-order valence-electron chi connectivity index (χ3n) is 4.20. The summed E-state index contributed by atoms with van der Waals surface area (Å²) in [6.45, 7) is 0.366. The lowest BCUT2D eigenvalue weighted by Crippen LogP contribution is -2.30. The summed E-state index contributed by atoms with van der Waals surface area (Å²) in [5.74, 6) is 0.197. The number of carbonyl (C=O) groups excluding carboxylic acids is 1. The lowest BCUT2D eigenvalue weighted by Gasteiger charge is -2.19. The van der Waals surface area contributed by atoms with E-state index in [2.05, 4.69) is 0 Å². The fourth-order valence-corrected chi connectivity index (χ4v) is 3.10. The minimum Gasteiger partial charge on any atom is -0.496 e. The number of nitrogens with zero attached hydrogens (tertiary/aromatic N) is 1. The molecule has 3 rings (SSSR count). The van der Waals surface area contributed by atoms with Crippen molar-refractivity contribution >= 4 is 23.2 Å². The average Bonchev–Trinajstić information content (AvgIpc) is 2.98. The molecule has 0 aliphatic carbocycles. The number of alkyl halides is 3. The van der Waals surface area contributed by atoms with Gasteiger partial charge >= 0.3 is 6.18 Å². The maximum absolute atomic E-state index is 12.9. The molecule has 0 aromatic heterocycles. The first-order valence-corrected chi connectivity index (χ1v) is 8.00. The molecule has 0 atom stereocenters. The lowest BCUT2D eigenvalue weighted by atomic mass is 10.1. The molecule has 0 N–H and O–H groups in total. The molecule has 0 unspecified atom stereocenters. The van der Waals surface area contributed by atoms with Gasteiger partial charge in [-0.25, -0.2) is 0 Å². The van der Waals surface area contributed by atoms with Crippen LogP contribution in [0.1, 0.15) is 16.7 Å². The number of ether oxygens (including phenoxy) is 1. The minimum absolute atomic E-state index is 0.0238. The average molecular weight is 370 g/mol. The first-order valence-electron chi connectivity index (χ1n) is 7.62. The van der Waals surface area contributed by atoms with Crippen LogP contribution in [0.3, 0.4) is 0 Å². The minimum atomic E-state index is -4.44. The smallest absolute Gasteiger partial charge is 0.416 e. The van der Waals surface area contributed by atoms with Crippen LogP contribution in [0.5, 0.6) is 5.75 Å². The molecule has 7 heteroatoms. The zero-order chi connectivity index (χ0) is 18.2. The number of hydrogen-bond donors (Lipinski definition) is 0. The molecule has 1 amide bonds. The topological polar surface area (TPSA) is 29.5 Å². The Balaban J connectivity index is 1.86. The SMILES string of the molecule is COc1cc(Cl)ccc1CC(=O)N1CCc2ccc(C(F)(F)F)cc21. The first-order chi connectivity index (χ1) is 11.8. The van der Waals surface area contributed by atoms with Gasteiger partial charge in [0.05, 0.1) is 19.1 Å². The van der Waals surface area contributed by atoms with E-state index < -0.39 is 11.7 Å². The zero-order valence-corrected chi connectivity index (χ0v) is 14.1. The Morgan fingerprint density at radius 3 is 2.68 bits per heavy atom. The van der Waals surface area contributed by atoms with Gasteiger partial charge in [-0.15, -0.1) is 0 Å². The molecule has 1 aliphatic rings. The molecule has 0 saturated carbocycles. The third kappa shape index (κ3) is 3.58. The molecule has 2 aromatic carbocycles. The van der Waals surface area contributed by atoms with E-state index in [1.54, 1.807) is 18.2 Å². The Hall–Kier alpha value is -2.21. The molecule has 25 heavy (non-hydrogen) atoms. The van der Waals surface area contributed by atoms with Gasteiger partial charge in [0.25, 0.3) is 0 Å². The molecule has 0 radical (unpaired) electrons. The summed E-state index contributed by atoms with van der Waals surface area (Å²) >= 11 is 5.90. The van der Waals surface area contributed by atoms with Crippen LogP contribution in [0.25, 0.3) is 0 Å². The molecular weight excluding hydrogens is 355 g/mol. The second kappa shape index (κ2) is 6.59. The summed E-state index contributed by atoms with van der Waals surface area (Å²) in [5.41, 5.74) is 0.949. The van der Waals surface area contributed by atoms with Crippen molar-refractivity contribution in [3.63, 3.8) is 0 Å². The van der Waals surface area contributed by atoms with Gasteiger partial charge in [-0.05, 0) is 36.2 Å². The summed E-state index contributed by atoms with van der Waals surface area (Å²) in [6.07, 6.45) is -3.88. The van der Waals surface area contributed by atoms with E-state index in [4.69, 9.17) is 16.3 Å². The third-order valence-corrected chi connectivity index (χ3v) is 4.44. The number of rotatable bonds is 3. The number of amides is 1. The highest BCUT2D eigenvalue weighted by molar-refractivity contribution is 6.30. The maximum atomic E-state index is 12.9. The van der Waals surface area contributed by atoms with E-state index in [1.165, 1.54) is 18.1 Å². The van der Waals surface area contributed by atoms with Gasteiger partial charge in [0.15, 0.2) is 0 Å². The number of methoxy groups -OCH3 is 1. The summed E-state index contributed by atoms with van der Waals surface area (Å²) in [7, 11) is 1.47. The number of carbonyl (C=O) groups is 1. The quantitative estimate of drug-likeness (QED) is 0.797. The van der Waals surface area contributed by atoms with Gasteiger partial charge in [0.2, 0.25) is 5.91 Å².